The third-order valence-electron chi connectivity index (χ3n) is 6.36. The fraction of sp³-hybridized carbons (Fsp3) is 0.455. The van der Waals surface area contributed by atoms with E-state index in [4.69, 9.17) is 14.2 Å². The summed E-state index contributed by atoms with van der Waals surface area (Å²) in [5, 5.41) is 10.0. The first-order valence-electron chi connectivity index (χ1n) is 14.2. The number of esters is 3. The second-order valence-electron chi connectivity index (χ2n) is 12.1. The van der Waals surface area contributed by atoms with Gasteiger partial charge in [-0.1, -0.05) is 55.8 Å². The Morgan fingerprint density at radius 3 is 2.17 bits per heavy atom. The Morgan fingerprint density at radius 1 is 0.905 bits per heavy atom. The molecule has 0 aliphatic rings. The first-order valence-corrected chi connectivity index (χ1v) is 14.2. The maximum absolute atomic E-state index is 13.2. The highest BCUT2D eigenvalue weighted by Gasteiger charge is 2.27. The Labute approximate surface area is 247 Å². The van der Waals surface area contributed by atoms with Crippen molar-refractivity contribution in [3.05, 3.63) is 76.9 Å². The molecule has 0 saturated carbocycles. The lowest BCUT2D eigenvalue weighted by Crippen LogP contribution is -2.25. The van der Waals surface area contributed by atoms with Gasteiger partial charge in [-0.25, -0.2) is 14.6 Å². The van der Waals surface area contributed by atoms with Gasteiger partial charge in [0.25, 0.3) is 0 Å². The molecule has 0 aliphatic carbocycles. The lowest BCUT2D eigenvalue weighted by molar-refractivity contribution is -0.161. The second kappa shape index (κ2) is 13.8. The molecule has 9 nitrogen and oxygen atoms in total. The van der Waals surface area contributed by atoms with Gasteiger partial charge < -0.3 is 23.9 Å². The molecule has 0 spiro atoms. The molecule has 0 atom stereocenters. The number of carbonyl (C=O) groups excluding carboxylic acids is 3. The van der Waals surface area contributed by atoms with Crippen molar-refractivity contribution in [2.45, 2.75) is 86.5 Å². The molecule has 0 saturated heterocycles. The average Bonchev–Trinajstić information content (AvgIpc) is 3.27. The van der Waals surface area contributed by atoms with Crippen LogP contribution in [0.25, 0.3) is 11.1 Å². The molecule has 0 aliphatic heterocycles. The van der Waals surface area contributed by atoms with Gasteiger partial charge >= 0.3 is 17.9 Å². The van der Waals surface area contributed by atoms with Gasteiger partial charge in [-0.3, -0.25) is 4.79 Å². The molecule has 0 bridgehead atoms. The topological polar surface area (TPSA) is 117 Å². The van der Waals surface area contributed by atoms with Crippen LogP contribution in [0.3, 0.4) is 0 Å². The second-order valence-corrected chi connectivity index (χ2v) is 12.1. The Balaban J connectivity index is 1.89. The maximum atomic E-state index is 13.2. The monoisotopic (exact) mass is 578 g/mol. The number of nitrogens with zero attached hydrogens (tertiary/aromatic N) is 2. The van der Waals surface area contributed by atoms with E-state index in [0.29, 0.717) is 24.4 Å². The van der Waals surface area contributed by atoms with Crippen LogP contribution >= 0.6 is 0 Å². The van der Waals surface area contributed by atoms with Crippen molar-refractivity contribution in [3.63, 3.8) is 0 Å². The van der Waals surface area contributed by atoms with E-state index in [0.717, 1.165) is 29.5 Å². The van der Waals surface area contributed by atoms with E-state index < -0.39 is 42.3 Å². The van der Waals surface area contributed by atoms with E-state index in [1.807, 2.05) is 57.2 Å². The van der Waals surface area contributed by atoms with Gasteiger partial charge in [-0.15, -0.1) is 0 Å². The first-order chi connectivity index (χ1) is 19.7. The number of aryl methyl sites for hydroxylation is 1. The molecule has 1 heterocycles. The largest absolute Gasteiger partial charge is 0.456 e. The van der Waals surface area contributed by atoms with E-state index in [-0.39, 0.29) is 11.4 Å². The van der Waals surface area contributed by atoms with Crippen LogP contribution < -0.4 is 0 Å². The molecule has 3 rings (SSSR count). The molecule has 1 N–H and O–H groups in total. The van der Waals surface area contributed by atoms with Gasteiger partial charge in [0, 0.05) is 13.0 Å². The van der Waals surface area contributed by atoms with Crippen LogP contribution in [0.1, 0.15) is 99.2 Å². The lowest BCUT2D eigenvalue weighted by atomic mass is 9.98. The van der Waals surface area contributed by atoms with Gasteiger partial charge in [0.05, 0.1) is 23.3 Å². The van der Waals surface area contributed by atoms with Crippen molar-refractivity contribution in [1.82, 2.24) is 9.55 Å². The zero-order valence-electron chi connectivity index (χ0n) is 25.7. The minimum Gasteiger partial charge on any atom is -0.456 e. The Morgan fingerprint density at radius 2 is 1.57 bits per heavy atom. The van der Waals surface area contributed by atoms with Crippen LogP contribution in [0.4, 0.5) is 0 Å². The van der Waals surface area contributed by atoms with Crippen LogP contribution in [0.2, 0.25) is 0 Å². The minimum atomic E-state index is -0.739. The summed E-state index contributed by atoms with van der Waals surface area (Å²) in [5.74, 6) is -0.977. The Hall–Kier alpha value is -3.98. The Kier molecular flexibility index (Phi) is 10.7. The number of rotatable bonds is 11. The number of imidazole rings is 1. The van der Waals surface area contributed by atoms with E-state index in [2.05, 4.69) is 11.9 Å². The number of hydrogen-bond donors (Lipinski definition) is 1. The van der Waals surface area contributed by atoms with Crippen molar-refractivity contribution < 1.29 is 33.7 Å². The summed E-state index contributed by atoms with van der Waals surface area (Å²) in [6.07, 6.45) is 2.38. The summed E-state index contributed by atoms with van der Waals surface area (Å²) in [6, 6.07) is 15.0. The number of unbranched alkanes of at least 4 members (excludes halogenated alkanes) is 1. The molecular weight excluding hydrogens is 536 g/mol. The molecule has 2 aromatic carbocycles. The van der Waals surface area contributed by atoms with Crippen LogP contribution in [-0.4, -0.2) is 45.0 Å². The van der Waals surface area contributed by atoms with Crippen LogP contribution in [0.15, 0.2) is 48.5 Å². The van der Waals surface area contributed by atoms with E-state index >= 15 is 0 Å². The predicted molar refractivity (Wildman–Crippen MR) is 159 cm³/mol. The highest BCUT2D eigenvalue weighted by Crippen LogP contribution is 2.27. The van der Waals surface area contributed by atoms with Gasteiger partial charge in [-0.05, 0) is 70.7 Å². The summed E-state index contributed by atoms with van der Waals surface area (Å²) >= 11 is 0. The van der Waals surface area contributed by atoms with Crippen molar-refractivity contribution in [2.24, 2.45) is 5.41 Å². The van der Waals surface area contributed by atoms with Gasteiger partial charge in [0.15, 0.2) is 5.69 Å². The zero-order valence-corrected chi connectivity index (χ0v) is 25.7. The number of aliphatic hydroxyl groups is 1. The molecule has 9 heteroatoms. The van der Waals surface area contributed by atoms with Crippen molar-refractivity contribution in [1.29, 1.82) is 0 Å². The molecular formula is C33H42N2O7. The van der Waals surface area contributed by atoms with E-state index in [1.54, 1.807) is 37.5 Å². The summed E-state index contributed by atoms with van der Waals surface area (Å²) in [7, 11) is 0. The van der Waals surface area contributed by atoms with Crippen LogP contribution in [0.5, 0.6) is 0 Å². The van der Waals surface area contributed by atoms with E-state index in [1.165, 1.54) is 0 Å². The third-order valence-corrected chi connectivity index (χ3v) is 6.36. The fourth-order valence-corrected chi connectivity index (χ4v) is 4.23. The maximum Gasteiger partial charge on any atom is 0.359 e. The lowest BCUT2D eigenvalue weighted by Gasteiger charge is -2.20. The van der Waals surface area contributed by atoms with Crippen LogP contribution in [0, 0.1) is 5.41 Å². The predicted octanol–water partition coefficient (Wildman–Crippen LogP) is 6.09. The molecule has 0 amide bonds. The van der Waals surface area contributed by atoms with Gasteiger partial charge in [-0.2, -0.15) is 0 Å². The normalized spacial score (nSPS) is 11.7. The molecule has 42 heavy (non-hydrogen) atoms. The number of aliphatic hydroxyl groups excluding tert-OH is 1. The van der Waals surface area contributed by atoms with Crippen molar-refractivity contribution >= 4 is 17.9 Å². The summed E-state index contributed by atoms with van der Waals surface area (Å²) in [4.78, 5) is 42.7. The SMILES string of the molecule is CCCCc1nc(CO)c(C(=O)OCOC(=O)C(C)(C)C)n1Cc1ccc(-c2ccccc2C(=O)OC(C)(C)C)cc1. The smallest absolute Gasteiger partial charge is 0.359 e. The standard InChI is InChI=1S/C33H42N2O7/c1-8-9-14-27-34-26(20-36)28(30(38)40-21-41-31(39)32(2,3)4)35(27)19-22-15-17-23(18-16-22)24-12-10-11-13-25(24)29(37)42-33(5,6)7/h10-13,15-18,36H,8-9,14,19-21H2,1-7H3. The minimum absolute atomic E-state index is 0.120. The van der Waals surface area contributed by atoms with Gasteiger partial charge in [0.2, 0.25) is 6.79 Å². The van der Waals surface area contributed by atoms with Crippen molar-refractivity contribution in [2.75, 3.05) is 6.79 Å². The number of ether oxygens (including phenoxy) is 3. The van der Waals surface area contributed by atoms with Gasteiger partial charge in [0.1, 0.15) is 11.4 Å². The molecule has 0 unspecified atom stereocenters. The zero-order chi connectivity index (χ0) is 31.1. The highest BCUT2D eigenvalue weighted by molar-refractivity contribution is 5.97. The molecule has 3 aromatic rings. The highest BCUT2D eigenvalue weighted by atomic mass is 16.7. The van der Waals surface area contributed by atoms with Crippen LogP contribution in [-0.2, 0) is 38.6 Å². The summed E-state index contributed by atoms with van der Waals surface area (Å²) in [6.45, 7) is 12.0. The fourth-order valence-electron chi connectivity index (χ4n) is 4.23. The number of aromatic nitrogens is 2. The molecule has 0 fully saturated rings. The molecule has 0 radical (unpaired) electrons. The Bertz CT molecular complexity index is 1390. The number of benzene rings is 2. The quantitative estimate of drug-likeness (QED) is 0.215. The number of hydrogen-bond acceptors (Lipinski definition) is 8. The molecule has 1 aromatic heterocycles. The summed E-state index contributed by atoms with van der Waals surface area (Å²) in [5.41, 5.74) is 1.91. The summed E-state index contributed by atoms with van der Waals surface area (Å²) < 4.78 is 17.7. The molecule has 226 valence electrons. The third kappa shape index (κ3) is 8.52. The first kappa shape index (κ1) is 32.5. The van der Waals surface area contributed by atoms with E-state index in [9.17, 15) is 19.5 Å². The average molecular weight is 579 g/mol. The van der Waals surface area contributed by atoms with Crippen molar-refractivity contribution in [3.8, 4) is 11.1 Å². The number of carbonyl (C=O) groups is 3.